The molecule has 1 unspecified atom stereocenters. The van der Waals surface area contributed by atoms with Crippen LogP contribution < -0.4 is 4.72 Å². The van der Waals surface area contributed by atoms with Crippen LogP contribution in [0.2, 0.25) is 0 Å². The van der Waals surface area contributed by atoms with Crippen molar-refractivity contribution >= 4 is 31.2 Å². The maximum Gasteiger partial charge on any atom is 0.241 e. The summed E-state index contributed by atoms with van der Waals surface area (Å²) in [5, 5.41) is 3.89. The number of hydrogen-bond acceptors (Lipinski definition) is 6. The Labute approximate surface area is 147 Å². The Hall–Kier alpha value is -1.26. The first kappa shape index (κ1) is 19.1. The fraction of sp³-hybridized carbons (Fsp3) is 0.333. The number of nitrogens with zero attached hydrogens (tertiary/aromatic N) is 1. The van der Waals surface area contributed by atoms with Gasteiger partial charge in [-0.1, -0.05) is 12.1 Å². The minimum Gasteiger partial charge on any atom is -0.301 e. The summed E-state index contributed by atoms with van der Waals surface area (Å²) in [6, 6.07) is 7.40. The molecule has 0 saturated heterocycles. The molecule has 0 radical (unpaired) electrons. The number of sulfonamides is 1. The highest BCUT2D eigenvalue weighted by Crippen LogP contribution is 2.23. The molecule has 1 atom stereocenters. The third kappa shape index (κ3) is 4.42. The van der Waals surface area contributed by atoms with E-state index in [-0.39, 0.29) is 22.4 Å². The molecule has 0 spiro atoms. The molecule has 0 fully saturated rings. The van der Waals surface area contributed by atoms with Crippen LogP contribution >= 0.6 is 11.3 Å². The molecule has 2 aromatic rings. The van der Waals surface area contributed by atoms with E-state index in [1.165, 1.54) is 35.6 Å². The van der Waals surface area contributed by atoms with Gasteiger partial charge < -0.3 is 4.90 Å². The van der Waals surface area contributed by atoms with Crippen molar-refractivity contribution in [3.8, 4) is 0 Å². The van der Waals surface area contributed by atoms with Gasteiger partial charge in [-0.25, -0.2) is 21.6 Å². The lowest BCUT2D eigenvalue weighted by molar-refractivity contribution is 0.300. The van der Waals surface area contributed by atoms with E-state index in [2.05, 4.69) is 4.72 Å². The molecule has 2 rings (SSSR count). The third-order valence-corrected chi connectivity index (χ3v) is 7.02. The zero-order valence-electron chi connectivity index (χ0n) is 13.6. The van der Waals surface area contributed by atoms with Gasteiger partial charge in [-0.15, -0.1) is 0 Å². The summed E-state index contributed by atoms with van der Waals surface area (Å²) >= 11 is 1.54. The van der Waals surface area contributed by atoms with Crippen LogP contribution in [-0.2, 0) is 19.9 Å². The minimum absolute atomic E-state index is 0.142. The van der Waals surface area contributed by atoms with Crippen LogP contribution in [0, 0.1) is 0 Å². The van der Waals surface area contributed by atoms with Crippen molar-refractivity contribution < 1.29 is 16.8 Å². The summed E-state index contributed by atoms with van der Waals surface area (Å²) < 4.78 is 51.4. The number of hydrogen-bond donors (Lipinski definition) is 1. The Balaban J connectivity index is 2.30. The summed E-state index contributed by atoms with van der Waals surface area (Å²) in [6.45, 7) is 0.143. The fourth-order valence-corrected chi connectivity index (χ4v) is 5.68. The van der Waals surface area contributed by atoms with Crippen LogP contribution in [0.25, 0.3) is 0 Å². The molecule has 24 heavy (non-hydrogen) atoms. The summed E-state index contributed by atoms with van der Waals surface area (Å²) in [5.41, 5.74) is 1.00. The molecular weight excluding hydrogens is 368 g/mol. The Morgan fingerprint density at radius 2 is 1.71 bits per heavy atom. The van der Waals surface area contributed by atoms with E-state index >= 15 is 0 Å². The topological polar surface area (TPSA) is 83.6 Å². The van der Waals surface area contributed by atoms with E-state index in [9.17, 15) is 16.8 Å². The minimum atomic E-state index is -3.95. The molecule has 9 heteroatoms. The summed E-state index contributed by atoms with van der Waals surface area (Å²) in [7, 11) is -3.86. The van der Waals surface area contributed by atoms with Gasteiger partial charge in [0.05, 0.1) is 4.90 Å². The zero-order chi connectivity index (χ0) is 18.0. The van der Waals surface area contributed by atoms with Gasteiger partial charge in [0.1, 0.15) is 4.90 Å². The lowest BCUT2D eigenvalue weighted by atomic mass is 10.1. The van der Waals surface area contributed by atoms with E-state index in [4.69, 9.17) is 0 Å². The summed E-state index contributed by atoms with van der Waals surface area (Å²) in [4.78, 5) is 1.48. The monoisotopic (exact) mass is 388 g/mol. The maximum absolute atomic E-state index is 12.6. The predicted octanol–water partition coefficient (Wildman–Crippen LogP) is 1.73. The Bertz CT molecular complexity index is 889. The van der Waals surface area contributed by atoms with Crippen LogP contribution in [0.5, 0.6) is 0 Å². The molecule has 0 amide bonds. The van der Waals surface area contributed by atoms with Gasteiger partial charge >= 0.3 is 0 Å². The number of thiophene rings is 1. The van der Waals surface area contributed by atoms with Gasteiger partial charge in [-0.2, -0.15) is 11.3 Å². The molecule has 1 heterocycles. The van der Waals surface area contributed by atoms with E-state index in [1.807, 2.05) is 35.8 Å². The van der Waals surface area contributed by atoms with Crippen LogP contribution in [0.4, 0.5) is 0 Å². The van der Waals surface area contributed by atoms with Crippen LogP contribution in [-0.4, -0.2) is 48.6 Å². The first-order valence-corrected chi connectivity index (χ1v) is 11.4. The van der Waals surface area contributed by atoms with E-state index in [1.54, 1.807) is 0 Å². The normalized spacial score (nSPS) is 14.0. The highest BCUT2D eigenvalue weighted by molar-refractivity contribution is 7.93. The number of benzene rings is 1. The molecule has 132 valence electrons. The van der Waals surface area contributed by atoms with Gasteiger partial charge in [0, 0.05) is 18.8 Å². The number of likely N-dealkylation sites (N-methyl/N-ethyl adjacent to an activating group) is 1. The molecule has 1 aromatic carbocycles. The van der Waals surface area contributed by atoms with Crippen molar-refractivity contribution in [1.29, 1.82) is 0 Å². The lowest BCUT2D eigenvalue weighted by Crippen LogP contribution is -2.34. The lowest BCUT2D eigenvalue weighted by Gasteiger charge is -2.24. The van der Waals surface area contributed by atoms with Gasteiger partial charge in [0.15, 0.2) is 9.84 Å². The van der Waals surface area contributed by atoms with Crippen molar-refractivity contribution in [2.24, 2.45) is 0 Å². The number of rotatable bonds is 7. The van der Waals surface area contributed by atoms with Gasteiger partial charge in [0.2, 0.25) is 10.0 Å². The number of sulfone groups is 1. The van der Waals surface area contributed by atoms with E-state index in [0.717, 1.165) is 11.8 Å². The third-order valence-electron chi connectivity index (χ3n) is 3.56. The SMILES string of the molecule is CN(C)C(CNS(=O)(=O)c1ccccc1S(C)(=O)=O)c1ccsc1. The molecule has 1 aromatic heterocycles. The second-order valence-corrected chi connectivity index (χ2v) is 10.1. The average Bonchev–Trinajstić information content (AvgIpc) is 3.00. The van der Waals surface area contributed by atoms with Gasteiger partial charge in [-0.3, -0.25) is 0 Å². The molecule has 1 N–H and O–H groups in total. The first-order valence-electron chi connectivity index (χ1n) is 7.10. The Morgan fingerprint density at radius 3 is 2.21 bits per heavy atom. The fourth-order valence-electron chi connectivity index (χ4n) is 2.31. The smallest absolute Gasteiger partial charge is 0.241 e. The molecule has 6 nitrogen and oxygen atoms in total. The van der Waals surface area contributed by atoms with Crippen molar-refractivity contribution in [1.82, 2.24) is 9.62 Å². The van der Waals surface area contributed by atoms with Crippen molar-refractivity contribution in [2.75, 3.05) is 26.9 Å². The second kappa shape index (κ2) is 7.32. The summed E-state index contributed by atoms with van der Waals surface area (Å²) in [6.07, 6.45) is 0.995. The molecule has 0 bridgehead atoms. The molecule has 0 aliphatic carbocycles. The highest BCUT2D eigenvalue weighted by atomic mass is 32.2. The quantitative estimate of drug-likeness (QED) is 0.781. The van der Waals surface area contributed by atoms with Gasteiger partial charge in [0.25, 0.3) is 0 Å². The average molecular weight is 389 g/mol. The van der Waals surface area contributed by atoms with Crippen LogP contribution in [0.3, 0.4) is 0 Å². The predicted molar refractivity (Wildman–Crippen MR) is 95.5 cm³/mol. The van der Waals surface area contributed by atoms with Gasteiger partial charge in [-0.05, 0) is 48.6 Å². The zero-order valence-corrected chi connectivity index (χ0v) is 16.1. The van der Waals surface area contributed by atoms with E-state index in [0.29, 0.717) is 0 Å². The maximum atomic E-state index is 12.6. The first-order chi connectivity index (χ1) is 11.1. The summed E-state index contributed by atoms with van der Waals surface area (Å²) in [5.74, 6) is 0. The van der Waals surface area contributed by atoms with E-state index < -0.39 is 19.9 Å². The van der Waals surface area contributed by atoms with Crippen LogP contribution in [0.15, 0.2) is 50.9 Å². The van der Waals surface area contributed by atoms with Crippen molar-refractivity contribution in [2.45, 2.75) is 15.8 Å². The standard InChI is InChI=1S/C15H20N2O4S3/c1-17(2)13(12-8-9-22-11-12)10-16-24(20,21)15-7-5-4-6-14(15)23(3,18)19/h4-9,11,13,16H,10H2,1-3H3. The molecular formula is C15H20N2O4S3. The van der Waals surface area contributed by atoms with Crippen molar-refractivity contribution in [3.05, 3.63) is 46.7 Å². The molecule has 0 saturated carbocycles. The molecule has 0 aliphatic heterocycles. The highest BCUT2D eigenvalue weighted by Gasteiger charge is 2.25. The Kier molecular flexibility index (Phi) is 5.82. The number of nitrogens with one attached hydrogen (secondary N) is 1. The Morgan fingerprint density at radius 1 is 1.08 bits per heavy atom. The largest absolute Gasteiger partial charge is 0.301 e. The second-order valence-electron chi connectivity index (χ2n) is 5.61. The van der Waals surface area contributed by atoms with Crippen molar-refractivity contribution in [3.63, 3.8) is 0 Å². The van der Waals surface area contributed by atoms with Crippen LogP contribution in [0.1, 0.15) is 11.6 Å². The molecule has 0 aliphatic rings.